The average Bonchev–Trinajstić information content (AvgIpc) is 3.23. The van der Waals surface area contributed by atoms with Crippen molar-refractivity contribution in [3.05, 3.63) is 53.1 Å². The van der Waals surface area contributed by atoms with Gasteiger partial charge >= 0.3 is 0 Å². The van der Waals surface area contributed by atoms with E-state index in [1.807, 2.05) is 11.0 Å². The number of likely N-dealkylation sites (tertiary alicyclic amines) is 1. The molecule has 2 aliphatic heterocycles. The Balaban J connectivity index is 1.35. The highest BCUT2D eigenvalue weighted by Crippen LogP contribution is 2.38. The summed E-state index contributed by atoms with van der Waals surface area (Å²) in [7, 11) is 0. The van der Waals surface area contributed by atoms with Crippen LogP contribution in [0.4, 0.5) is 11.4 Å². The molecule has 2 aliphatic rings. The fourth-order valence-electron chi connectivity index (χ4n) is 3.44. The van der Waals surface area contributed by atoms with Gasteiger partial charge in [0.25, 0.3) is 5.91 Å². The van der Waals surface area contributed by atoms with Crippen LogP contribution in [0.3, 0.4) is 0 Å². The van der Waals surface area contributed by atoms with Gasteiger partial charge in [0, 0.05) is 40.7 Å². The molecule has 2 aromatic rings. The molecule has 8 heteroatoms. The van der Waals surface area contributed by atoms with Crippen molar-refractivity contribution < 1.29 is 14.4 Å². The lowest BCUT2D eigenvalue weighted by Crippen LogP contribution is -2.32. The molecule has 1 saturated heterocycles. The van der Waals surface area contributed by atoms with E-state index in [1.165, 1.54) is 11.8 Å². The van der Waals surface area contributed by atoms with Gasteiger partial charge in [-0.2, -0.15) is 0 Å². The van der Waals surface area contributed by atoms with Crippen molar-refractivity contribution >= 4 is 52.5 Å². The van der Waals surface area contributed by atoms with E-state index >= 15 is 0 Å². The Morgan fingerprint density at radius 2 is 1.86 bits per heavy atom. The molecule has 2 N–H and O–H groups in total. The molecule has 0 radical (unpaired) electrons. The number of hydrogen-bond acceptors (Lipinski definition) is 4. The normalized spacial score (nSPS) is 18.2. The van der Waals surface area contributed by atoms with Gasteiger partial charge in [0.05, 0.1) is 10.9 Å². The molecule has 150 valence electrons. The van der Waals surface area contributed by atoms with E-state index in [4.69, 9.17) is 11.6 Å². The Hall–Kier alpha value is -2.51. The number of nitrogens with one attached hydrogen (secondary N) is 2. The maximum Gasteiger partial charge on any atom is 0.253 e. The quantitative estimate of drug-likeness (QED) is 0.769. The first-order chi connectivity index (χ1) is 14.0. The molecule has 4 rings (SSSR count). The Labute approximate surface area is 178 Å². The van der Waals surface area contributed by atoms with Crippen LogP contribution in [0.5, 0.6) is 0 Å². The number of nitrogens with zero attached hydrogens (tertiary/aromatic N) is 1. The van der Waals surface area contributed by atoms with Gasteiger partial charge in [-0.15, -0.1) is 11.8 Å². The minimum Gasteiger partial charge on any atom is -0.339 e. The number of rotatable bonds is 4. The molecule has 0 aromatic heterocycles. The standard InChI is InChI=1S/C21H20ClN3O3S/c22-14-5-8-17-16(11-14)24-20(27)18(29-17)12-19(26)23-15-6-3-13(4-7-15)21(28)25-9-1-2-10-25/h3-8,11,18H,1-2,9-10,12H2,(H,23,26)(H,24,27). The zero-order valence-corrected chi connectivity index (χ0v) is 17.2. The molecule has 3 amide bonds. The molecule has 1 fully saturated rings. The summed E-state index contributed by atoms with van der Waals surface area (Å²) >= 11 is 7.31. The minimum atomic E-state index is -0.514. The van der Waals surface area contributed by atoms with Crippen LogP contribution in [0.2, 0.25) is 5.02 Å². The molecule has 29 heavy (non-hydrogen) atoms. The Kier molecular flexibility index (Phi) is 5.78. The van der Waals surface area contributed by atoms with Crippen molar-refractivity contribution in [1.82, 2.24) is 4.90 Å². The molecule has 1 atom stereocenters. The largest absolute Gasteiger partial charge is 0.339 e. The van der Waals surface area contributed by atoms with Gasteiger partial charge in [-0.25, -0.2) is 0 Å². The molecule has 0 saturated carbocycles. The summed E-state index contributed by atoms with van der Waals surface area (Å²) in [6.45, 7) is 1.60. The monoisotopic (exact) mass is 429 g/mol. The van der Waals surface area contributed by atoms with Crippen LogP contribution in [-0.2, 0) is 9.59 Å². The van der Waals surface area contributed by atoms with Gasteiger partial charge < -0.3 is 15.5 Å². The first-order valence-electron chi connectivity index (χ1n) is 9.46. The van der Waals surface area contributed by atoms with Crippen LogP contribution in [0.15, 0.2) is 47.4 Å². The van der Waals surface area contributed by atoms with Crippen molar-refractivity contribution in [3.63, 3.8) is 0 Å². The van der Waals surface area contributed by atoms with Crippen molar-refractivity contribution in [2.45, 2.75) is 29.4 Å². The summed E-state index contributed by atoms with van der Waals surface area (Å²) in [5, 5.41) is 5.63. The number of thioether (sulfide) groups is 1. The number of halogens is 1. The molecule has 2 aromatic carbocycles. The van der Waals surface area contributed by atoms with Gasteiger partial charge in [-0.1, -0.05) is 11.6 Å². The van der Waals surface area contributed by atoms with E-state index in [9.17, 15) is 14.4 Å². The van der Waals surface area contributed by atoms with Crippen molar-refractivity contribution in [2.24, 2.45) is 0 Å². The second kappa shape index (κ2) is 8.47. The first kappa shape index (κ1) is 19.8. The number of fused-ring (bicyclic) bond motifs is 1. The number of hydrogen-bond donors (Lipinski definition) is 2. The summed E-state index contributed by atoms with van der Waals surface area (Å²) in [5.41, 5.74) is 1.88. The zero-order chi connectivity index (χ0) is 20.4. The molecule has 6 nitrogen and oxygen atoms in total. The van der Waals surface area contributed by atoms with Gasteiger partial charge in [0.15, 0.2) is 0 Å². The summed E-state index contributed by atoms with van der Waals surface area (Å²) in [6.07, 6.45) is 2.14. The summed E-state index contributed by atoms with van der Waals surface area (Å²) in [5.74, 6) is -0.449. The van der Waals surface area contributed by atoms with Crippen molar-refractivity contribution in [2.75, 3.05) is 23.7 Å². The summed E-state index contributed by atoms with van der Waals surface area (Å²) < 4.78 is 0. The third kappa shape index (κ3) is 4.57. The summed E-state index contributed by atoms with van der Waals surface area (Å²) in [4.78, 5) is 39.8. The number of benzene rings is 2. The lowest BCUT2D eigenvalue weighted by molar-refractivity contribution is -0.120. The lowest BCUT2D eigenvalue weighted by atomic mass is 10.1. The molecule has 2 heterocycles. The summed E-state index contributed by atoms with van der Waals surface area (Å²) in [6, 6.07) is 12.2. The van der Waals surface area contributed by atoms with Crippen LogP contribution in [0.1, 0.15) is 29.6 Å². The minimum absolute atomic E-state index is 0.0226. The van der Waals surface area contributed by atoms with E-state index in [0.717, 1.165) is 30.8 Å². The van der Waals surface area contributed by atoms with Gasteiger partial charge in [-0.3, -0.25) is 14.4 Å². The third-order valence-electron chi connectivity index (χ3n) is 4.94. The van der Waals surface area contributed by atoms with E-state index < -0.39 is 5.25 Å². The highest BCUT2D eigenvalue weighted by atomic mass is 35.5. The molecule has 0 spiro atoms. The number of carbonyl (C=O) groups excluding carboxylic acids is 3. The Morgan fingerprint density at radius 1 is 1.14 bits per heavy atom. The van der Waals surface area contributed by atoms with Crippen LogP contribution in [0.25, 0.3) is 0 Å². The Morgan fingerprint density at radius 3 is 2.59 bits per heavy atom. The molecule has 0 aliphatic carbocycles. The first-order valence-corrected chi connectivity index (χ1v) is 10.7. The maximum absolute atomic E-state index is 12.4. The van der Waals surface area contributed by atoms with Gasteiger partial charge in [0.1, 0.15) is 0 Å². The zero-order valence-electron chi connectivity index (χ0n) is 15.6. The van der Waals surface area contributed by atoms with Crippen LogP contribution in [-0.4, -0.2) is 41.0 Å². The highest BCUT2D eigenvalue weighted by Gasteiger charge is 2.29. The molecular formula is C21H20ClN3O3S. The highest BCUT2D eigenvalue weighted by molar-refractivity contribution is 8.01. The SMILES string of the molecule is O=C(CC1Sc2ccc(Cl)cc2NC1=O)Nc1ccc(C(=O)N2CCCC2)cc1. The smallest absolute Gasteiger partial charge is 0.253 e. The van der Waals surface area contributed by atoms with Crippen molar-refractivity contribution in [3.8, 4) is 0 Å². The van der Waals surface area contributed by atoms with Crippen LogP contribution in [0, 0.1) is 0 Å². The third-order valence-corrected chi connectivity index (χ3v) is 6.45. The van der Waals surface area contributed by atoms with E-state index in [1.54, 1.807) is 36.4 Å². The second-order valence-corrected chi connectivity index (χ2v) is 8.75. The van der Waals surface area contributed by atoms with Gasteiger partial charge in [0.2, 0.25) is 11.8 Å². The fraction of sp³-hybridized carbons (Fsp3) is 0.286. The number of carbonyl (C=O) groups is 3. The van der Waals surface area contributed by atoms with E-state index in [0.29, 0.717) is 22.0 Å². The Bertz CT molecular complexity index is 958. The molecule has 1 unspecified atom stereocenters. The predicted octanol–water partition coefficient (Wildman–Crippen LogP) is 4.02. The molecule has 0 bridgehead atoms. The average molecular weight is 430 g/mol. The second-order valence-electron chi connectivity index (χ2n) is 7.07. The predicted molar refractivity (Wildman–Crippen MR) is 115 cm³/mol. The van der Waals surface area contributed by atoms with Crippen molar-refractivity contribution in [1.29, 1.82) is 0 Å². The number of anilines is 2. The van der Waals surface area contributed by atoms with Gasteiger partial charge in [-0.05, 0) is 55.3 Å². The molecular weight excluding hydrogens is 410 g/mol. The lowest BCUT2D eigenvalue weighted by Gasteiger charge is -2.23. The van der Waals surface area contributed by atoms with Crippen LogP contribution >= 0.6 is 23.4 Å². The fourth-order valence-corrected chi connectivity index (χ4v) is 4.70. The van der Waals surface area contributed by atoms with E-state index in [2.05, 4.69) is 10.6 Å². The number of amides is 3. The van der Waals surface area contributed by atoms with E-state index in [-0.39, 0.29) is 24.1 Å². The maximum atomic E-state index is 12.4. The topological polar surface area (TPSA) is 78.5 Å². The van der Waals surface area contributed by atoms with Crippen LogP contribution < -0.4 is 10.6 Å².